The maximum Gasteiger partial charge on any atom is 0.330 e. The number of ether oxygens (including phenoxy) is 1. The Kier molecular flexibility index (Phi) is 4.93. The molecular weight excluding hydrogens is 288 g/mol. The second-order valence-corrected chi connectivity index (χ2v) is 5.14. The van der Waals surface area contributed by atoms with E-state index >= 15 is 0 Å². The second-order valence-electron chi connectivity index (χ2n) is 3.78. The Morgan fingerprint density at radius 3 is 2.71 bits per heavy atom. The van der Waals surface area contributed by atoms with Crippen molar-refractivity contribution in [3.05, 3.63) is 24.2 Å². The molecule has 1 aromatic rings. The summed E-state index contributed by atoms with van der Waals surface area (Å²) in [7, 11) is 1.27. The molecular formula is C12H15BrO4. The number of carbonyl (C=O) groups is 2. The number of furan rings is 1. The summed E-state index contributed by atoms with van der Waals surface area (Å²) in [5, 5.41) is 0. The lowest BCUT2D eigenvalue weighted by atomic mass is 9.97. The first-order valence-electron chi connectivity index (χ1n) is 5.31. The van der Waals surface area contributed by atoms with Crippen LogP contribution in [-0.4, -0.2) is 23.2 Å². The minimum atomic E-state index is -1.23. The fraction of sp³-hybridized carbons (Fsp3) is 0.500. The van der Waals surface area contributed by atoms with E-state index in [0.29, 0.717) is 19.3 Å². The number of halogens is 1. The summed E-state index contributed by atoms with van der Waals surface area (Å²) in [6.45, 7) is 1.37. The molecule has 1 aromatic heterocycles. The molecule has 0 aliphatic heterocycles. The third kappa shape index (κ3) is 3.43. The molecule has 0 aliphatic rings. The van der Waals surface area contributed by atoms with Gasteiger partial charge in [0.15, 0.2) is 10.1 Å². The summed E-state index contributed by atoms with van der Waals surface area (Å²) in [6.07, 6.45) is 3.33. The molecule has 0 bridgehead atoms. The van der Waals surface area contributed by atoms with Crippen LogP contribution in [0, 0.1) is 0 Å². The van der Waals surface area contributed by atoms with Gasteiger partial charge in [0.1, 0.15) is 5.76 Å². The van der Waals surface area contributed by atoms with E-state index in [9.17, 15) is 9.59 Å². The lowest BCUT2D eigenvalue weighted by molar-refractivity contribution is -0.146. The minimum Gasteiger partial charge on any atom is -0.469 e. The molecule has 1 heterocycles. The Balaban J connectivity index is 2.56. The van der Waals surface area contributed by atoms with Gasteiger partial charge in [0.25, 0.3) is 0 Å². The van der Waals surface area contributed by atoms with Crippen LogP contribution in [0.25, 0.3) is 0 Å². The molecule has 0 aliphatic carbocycles. The van der Waals surface area contributed by atoms with Crippen LogP contribution >= 0.6 is 15.9 Å². The number of hydrogen-bond acceptors (Lipinski definition) is 4. The number of ketones is 1. The second kappa shape index (κ2) is 6.00. The van der Waals surface area contributed by atoms with Crippen molar-refractivity contribution in [2.24, 2.45) is 0 Å². The van der Waals surface area contributed by atoms with Gasteiger partial charge < -0.3 is 9.15 Å². The van der Waals surface area contributed by atoms with Gasteiger partial charge in [0.05, 0.1) is 13.4 Å². The summed E-state index contributed by atoms with van der Waals surface area (Å²) in [4.78, 5) is 23.0. The zero-order chi connectivity index (χ0) is 12.9. The van der Waals surface area contributed by atoms with E-state index in [1.807, 2.05) is 12.1 Å². The van der Waals surface area contributed by atoms with Gasteiger partial charge in [-0.15, -0.1) is 0 Å². The Morgan fingerprint density at radius 1 is 1.53 bits per heavy atom. The molecule has 1 atom stereocenters. The number of aryl methyl sites for hydroxylation is 1. The van der Waals surface area contributed by atoms with E-state index < -0.39 is 10.3 Å². The van der Waals surface area contributed by atoms with Gasteiger partial charge in [0, 0.05) is 6.42 Å². The Labute approximate surface area is 108 Å². The van der Waals surface area contributed by atoms with Crippen LogP contribution in [-0.2, 0) is 20.7 Å². The molecule has 0 fully saturated rings. The molecule has 4 nitrogen and oxygen atoms in total. The zero-order valence-corrected chi connectivity index (χ0v) is 11.5. The van der Waals surface area contributed by atoms with Crippen LogP contribution in [0.1, 0.15) is 25.5 Å². The highest BCUT2D eigenvalue weighted by atomic mass is 79.9. The van der Waals surface area contributed by atoms with Crippen molar-refractivity contribution in [3.8, 4) is 0 Å². The van der Waals surface area contributed by atoms with Gasteiger partial charge in [-0.25, -0.2) is 0 Å². The maximum absolute atomic E-state index is 11.6. The quantitative estimate of drug-likeness (QED) is 0.460. The molecule has 0 saturated heterocycles. The molecule has 0 N–H and O–H groups in total. The molecule has 0 saturated carbocycles. The molecule has 0 radical (unpaired) electrons. The van der Waals surface area contributed by atoms with Crippen LogP contribution in [0.15, 0.2) is 22.8 Å². The number of alkyl halides is 1. The summed E-state index contributed by atoms with van der Waals surface area (Å²) >= 11 is 3.19. The van der Waals surface area contributed by atoms with Gasteiger partial charge in [-0.05, 0) is 31.9 Å². The molecule has 1 unspecified atom stereocenters. The van der Waals surface area contributed by atoms with E-state index in [2.05, 4.69) is 20.7 Å². The first-order valence-corrected chi connectivity index (χ1v) is 6.10. The predicted octanol–water partition coefficient (Wildman–Crippen LogP) is 2.50. The van der Waals surface area contributed by atoms with Crippen LogP contribution in [0.2, 0.25) is 0 Å². The van der Waals surface area contributed by atoms with E-state index in [1.165, 1.54) is 14.0 Å². The number of rotatable bonds is 6. The van der Waals surface area contributed by atoms with Crippen molar-refractivity contribution in [3.63, 3.8) is 0 Å². The molecule has 0 aromatic carbocycles. The normalized spacial score (nSPS) is 14.1. The van der Waals surface area contributed by atoms with Gasteiger partial charge in [-0.2, -0.15) is 0 Å². The minimum absolute atomic E-state index is 0.246. The fourth-order valence-electron chi connectivity index (χ4n) is 1.54. The number of hydrogen-bond donors (Lipinski definition) is 0. The largest absolute Gasteiger partial charge is 0.469 e. The average molecular weight is 303 g/mol. The molecule has 5 heteroatoms. The first kappa shape index (κ1) is 14.0. The van der Waals surface area contributed by atoms with Crippen molar-refractivity contribution in [1.82, 2.24) is 0 Å². The van der Waals surface area contributed by atoms with Crippen molar-refractivity contribution in [1.29, 1.82) is 0 Å². The van der Waals surface area contributed by atoms with E-state index in [4.69, 9.17) is 4.42 Å². The first-order chi connectivity index (χ1) is 8.00. The number of esters is 1. The monoisotopic (exact) mass is 302 g/mol. The highest BCUT2D eigenvalue weighted by molar-refractivity contribution is 9.10. The highest BCUT2D eigenvalue weighted by Gasteiger charge is 2.41. The van der Waals surface area contributed by atoms with Crippen molar-refractivity contribution >= 4 is 27.7 Å². The molecule has 0 amide bonds. The molecule has 0 spiro atoms. The van der Waals surface area contributed by atoms with Gasteiger partial charge in [-0.3, -0.25) is 9.59 Å². The van der Waals surface area contributed by atoms with Gasteiger partial charge >= 0.3 is 5.97 Å². The summed E-state index contributed by atoms with van der Waals surface area (Å²) in [5.74, 6) is 0.0431. The van der Waals surface area contributed by atoms with Crippen LogP contribution < -0.4 is 0 Å². The SMILES string of the molecule is COC(=O)C(Br)(CCCc1ccco1)C(C)=O. The predicted molar refractivity (Wildman–Crippen MR) is 66.0 cm³/mol. The lowest BCUT2D eigenvalue weighted by Crippen LogP contribution is -2.40. The van der Waals surface area contributed by atoms with E-state index in [1.54, 1.807) is 6.26 Å². The standard InChI is InChI=1S/C12H15BrO4/c1-9(14)12(13,11(15)16-2)7-3-5-10-6-4-8-17-10/h4,6,8H,3,5,7H2,1-2H3. The Hall–Kier alpha value is -1.10. The maximum atomic E-state index is 11.6. The molecule has 17 heavy (non-hydrogen) atoms. The smallest absolute Gasteiger partial charge is 0.330 e. The van der Waals surface area contributed by atoms with Crippen molar-refractivity contribution in [2.75, 3.05) is 7.11 Å². The summed E-state index contributed by atoms with van der Waals surface area (Å²) < 4.78 is 8.59. The van der Waals surface area contributed by atoms with Crippen LogP contribution in [0.4, 0.5) is 0 Å². The van der Waals surface area contributed by atoms with Crippen molar-refractivity contribution in [2.45, 2.75) is 30.5 Å². The number of Topliss-reactive ketones (excluding diaryl/α,β-unsaturated/α-hetero) is 1. The van der Waals surface area contributed by atoms with Gasteiger partial charge in [0.2, 0.25) is 0 Å². The third-order valence-electron chi connectivity index (χ3n) is 2.59. The lowest BCUT2D eigenvalue weighted by Gasteiger charge is -2.21. The number of carbonyl (C=O) groups excluding carboxylic acids is 2. The van der Waals surface area contributed by atoms with E-state index in [-0.39, 0.29) is 5.78 Å². The molecule has 94 valence electrons. The fourth-order valence-corrected chi connectivity index (χ4v) is 1.99. The third-order valence-corrected chi connectivity index (χ3v) is 3.87. The average Bonchev–Trinajstić information content (AvgIpc) is 2.80. The van der Waals surface area contributed by atoms with Crippen molar-refractivity contribution < 1.29 is 18.7 Å². The van der Waals surface area contributed by atoms with Gasteiger partial charge in [-0.1, -0.05) is 15.9 Å². The van der Waals surface area contributed by atoms with E-state index in [0.717, 1.165) is 5.76 Å². The Morgan fingerprint density at radius 2 is 2.24 bits per heavy atom. The Bertz CT molecular complexity index is 385. The summed E-state index contributed by atoms with van der Waals surface area (Å²) in [5.41, 5.74) is 0. The molecule has 1 rings (SSSR count). The highest BCUT2D eigenvalue weighted by Crippen LogP contribution is 2.28. The number of methoxy groups -OCH3 is 1. The van der Waals surface area contributed by atoms with Crippen LogP contribution in [0.5, 0.6) is 0 Å². The summed E-state index contributed by atoms with van der Waals surface area (Å²) in [6, 6.07) is 3.67. The van der Waals surface area contributed by atoms with Crippen LogP contribution in [0.3, 0.4) is 0 Å². The topological polar surface area (TPSA) is 56.5 Å². The zero-order valence-electron chi connectivity index (χ0n) is 9.86.